The standard InChI is InChI=1S/C12H19NO4/c1-15-10-6-8(9(14)4-5-13)7-11(16-2)12(10)17-3/h6-7,9,14H,4-5,13H2,1-3H3. The van der Waals surface area contributed by atoms with Crippen molar-refractivity contribution in [2.24, 2.45) is 5.73 Å². The van der Waals surface area contributed by atoms with Crippen molar-refractivity contribution in [1.82, 2.24) is 0 Å². The average molecular weight is 241 g/mol. The summed E-state index contributed by atoms with van der Waals surface area (Å²) in [6.07, 6.45) is -0.146. The van der Waals surface area contributed by atoms with Gasteiger partial charge >= 0.3 is 0 Å². The van der Waals surface area contributed by atoms with Crippen LogP contribution in [0.1, 0.15) is 18.1 Å². The van der Waals surface area contributed by atoms with Gasteiger partial charge in [-0.2, -0.15) is 0 Å². The van der Waals surface area contributed by atoms with Gasteiger partial charge in [-0.05, 0) is 30.7 Å². The second kappa shape index (κ2) is 6.32. The van der Waals surface area contributed by atoms with Crippen LogP contribution in [0.3, 0.4) is 0 Å². The Bertz CT molecular complexity index is 343. The largest absolute Gasteiger partial charge is 0.493 e. The van der Waals surface area contributed by atoms with Gasteiger partial charge in [0.25, 0.3) is 0 Å². The molecule has 1 aromatic carbocycles. The molecule has 0 saturated carbocycles. The van der Waals surface area contributed by atoms with Crippen molar-refractivity contribution in [1.29, 1.82) is 0 Å². The lowest BCUT2D eigenvalue weighted by Gasteiger charge is -2.16. The van der Waals surface area contributed by atoms with Crippen molar-refractivity contribution in [3.05, 3.63) is 17.7 Å². The first kappa shape index (κ1) is 13.6. The first-order chi connectivity index (χ1) is 8.17. The lowest BCUT2D eigenvalue weighted by atomic mass is 10.1. The van der Waals surface area contributed by atoms with E-state index in [-0.39, 0.29) is 0 Å². The van der Waals surface area contributed by atoms with Crippen molar-refractivity contribution in [2.45, 2.75) is 12.5 Å². The average Bonchev–Trinajstić information content (AvgIpc) is 2.37. The second-order valence-electron chi connectivity index (χ2n) is 3.55. The summed E-state index contributed by atoms with van der Waals surface area (Å²) >= 11 is 0. The maximum absolute atomic E-state index is 9.89. The minimum Gasteiger partial charge on any atom is -0.493 e. The minimum absolute atomic E-state index is 0.415. The number of ether oxygens (including phenoxy) is 3. The third kappa shape index (κ3) is 3.01. The highest BCUT2D eigenvalue weighted by atomic mass is 16.5. The summed E-state index contributed by atoms with van der Waals surface area (Å²) in [6, 6.07) is 3.45. The Labute approximate surface area is 101 Å². The predicted octanol–water partition coefficient (Wildman–Crippen LogP) is 1.09. The Kier molecular flexibility index (Phi) is 5.06. The lowest BCUT2D eigenvalue weighted by Crippen LogP contribution is -2.07. The molecule has 1 rings (SSSR count). The Hall–Kier alpha value is -1.46. The van der Waals surface area contributed by atoms with Gasteiger partial charge < -0.3 is 25.1 Å². The fourth-order valence-corrected chi connectivity index (χ4v) is 1.62. The number of aliphatic hydroxyl groups excluding tert-OH is 1. The highest BCUT2D eigenvalue weighted by Gasteiger charge is 2.16. The van der Waals surface area contributed by atoms with Crippen LogP contribution in [0.25, 0.3) is 0 Å². The third-order valence-corrected chi connectivity index (χ3v) is 2.51. The minimum atomic E-state index is -0.631. The summed E-state index contributed by atoms with van der Waals surface area (Å²) in [6.45, 7) is 0.415. The van der Waals surface area contributed by atoms with Gasteiger partial charge in [0.15, 0.2) is 11.5 Å². The molecule has 0 bridgehead atoms. The Balaban J connectivity index is 3.17. The number of hydrogen-bond acceptors (Lipinski definition) is 5. The fourth-order valence-electron chi connectivity index (χ4n) is 1.62. The molecule has 96 valence electrons. The van der Waals surface area contributed by atoms with E-state index in [0.717, 1.165) is 0 Å². The normalized spacial score (nSPS) is 12.1. The molecule has 1 aromatic rings. The fraction of sp³-hybridized carbons (Fsp3) is 0.500. The molecular formula is C12H19NO4. The molecule has 5 heteroatoms. The van der Waals surface area contributed by atoms with Gasteiger partial charge in [0.05, 0.1) is 27.4 Å². The zero-order valence-electron chi connectivity index (χ0n) is 10.4. The van der Waals surface area contributed by atoms with Crippen molar-refractivity contribution >= 4 is 0 Å². The van der Waals surface area contributed by atoms with Gasteiger partial charge in [0.1, 0.15) is 0 Å². The van der Waals surface area contributed by atoms with Crippen LogP contribution in [0, 0.1) is 0 Å². The molecule has 0 aliphatic carbocycles. The Morgan fingerprint density at radius 1 is 1.12 bits per heavy atom. The third-order valence-electron chi connectivity index (χ3n) is 2.51. The van der Waals surface area contributed by atoms with Crippen LogP contribution in [0.4, 0.5) is 0 Å². The van der Waals surface area contributed by atoms with Gasteiger partial charge in [-0.3, -0.25) is 0 Å². The van der Waals surface area contributed by atoms with Crippen LogP contribution in [0.15, 0.2) is 12.1 Å². The number of aliphatic hydroxyl groups is 1. The molecule has 5 nitrogen and oxygen atoms in total. The zero-order valence-corrected chi connectivity index (χ0v) is 10.4. The van der Waals surface area contributed by atoms with Crippen LogP contribution in [0.2, 0.25) is 0 Å². The van der Waals surface area contributed by atoms with E-state index >= 15 is 0 Å². The summed E-state index contributed by atoms with van der Waals surface area (Å²) in [5.74, 6) is 1.56. The van der Waals surface area contributed by atoms with E-state index in [2.05, 4.69) is 0 Å². The highest BCUT2D eigenvalue weighted by molar-refractivity contribution is 5.54. The quantitative estimate of drug-likeness (QED) is 0.780. The van der Waals surface area contributed by atoms with Gasteiger partial charge in [-0.15, -0.1) is 0 Å². The highest BCUT2D eigenvalue weighted by Crippen LogP contribution is 2.39. The lowest BCUT2D eigenvalue weighted by molar-refractivity contribution is 0.169. The number of hydrogen-bond donors (Lipinski definition) is 2. The number of nitrogens with two attached hydrogens (primary N) is 1. The number of rotatable bonds is 6. The molecule has 0 aromatic heterocycles. The first-order valence-corrected chi connectivity index (χ1v) is 5.36. The summed E-state index contributed by atoms with van der Waals surface area (Å²) in [4.78, 5) is 0. The Morgan fingerprint density at radius 3 is 2.00 bits per heavy atom. The number of methoxy groups -OCH3 is 3. The van der Waals surface area contributed by atoms with E-state index in [0.29, 0.717) is 35.8 Å². The van der Waals surface area contributed by atoms with Crippen LogP contribution >= 0.6 is 0 Å². The van der Waals surface area contributed by atoms with Gasteiger partial charge in [-0.25, -0.2) is 0 Å². The van der Waals surface area contributed by atoms with Crippen molar-refractivity contribution < 1.29 is 19.3 Å². The molecular weight excluding hydrogens is 222 g/mol. The van der Waals surface area contributed by atoms with Crippen LogP contribution < -0.4 is 19.9 Å². The molecule has 0 saturated heterocycles. The molecule has 0 fully saturated rings. The SMILES string of the molecule is COc1cc(C(O)CCN)cc(OC)c1OC. The molecule has 3 N–H and O–H groups in total. The van der Waals surface area contributed by atoms with Crippen LogP contribution in [0.5, 0.6) is 17.2 Å². The van der Waals surface area contributed by atoms with E-state index in [1.54, 1.807) is 12.1 Å². The molecule has 17 heavy (non-hydrogen) atoms. The molecule has 0 heterocycles. The summed E-state index contributed by atoms with van der Waals surface area (Å²) in [5.41, 5.74) is 6.12. The number of benzene rings is 1. The molecule has 1 atom stereocenters. The molecule has 0 amide bonds. The van der Waals surface area contributed by atoms with E-state index in [1.165, 1.54) is 21.3 Å². The monoisotopic (exact) mass is 241 g/mol. The van der Waals surface area contributed by atoms with Crippen molar-refractivity contribution in [3.63, 3.8) is 0 Å². The molecule has 0 spiro atoms. The van der Waals surface area contributed by atoms with E-state index < -0.39 is 6.10 Å². The van der Waals surface area contributed by atoms with Gasteiger partial charge in [0, 0.05) is 0 Å². The maximum Gasteiger partial charge on any atom is 0.203 e. The maximum atomic E-state index is 9.89. The van der Waals surface area contributed by atoms with Gasteiger partial charge in [-0.1, -0.05) is 0 Å². The smallest absolute Gasteiger partial charge is 0.203 e. The van der Waals surface area contributed by atoms with E-state index in [1.807, 2.05) is 0 Å². The van der Waals surface area contributed by atoms with Crippen LogP contribution in [-0.4, -0.2) is 33.0 Å². The first-order valence-electron chi connectivity index (χ1n) is 5.36. The zero-order chi connectivity index (χ0) is 12.8. The second-order valence-corrected chi connectivity index (χ2v) is 3.55. The molecule has 0 aliphatic heterocycles. The predicted molar refractivity (Wildman–Crippen MR) is 64.7 cm³/mol. The summed E-state index contributed by atoms with van der Waals surface area (Å²) in [7, 11) is 4.61. The van der Waals surface area contributed by atoms with Crippen molar-refractivity contribution in [2.75, 3.05) is 27.9 Å². The van der Waals surface area contributed by atoms with Crippen molar-refractivity contribution in [3.8, 4) is 17.2 Å². The molecule has 0 radical (unpaired) electrons. The summed E-state index contributed by atoms with van der Waals surface area (Å²) < 4.78 is 15.6. The topological polar surface area (TPSA) is 73.9 Å². The summed E-state index contributed by atoms with van der Waals surface area (Å²) in [5, 5.41) is 9.89. The Morgan fingerprint density at radius 2 is 1.65 bits per heavy atom. The molecule has 0 aliphatic rings. The van der Waals surface area contributed by atoms with Crippen LogP contribution in [-0.2, 0) is 0 Å². The van der Waals surface area contributed by atoms with Gasteiger partial charge in [0.2, 0.25) is 5.75 Å². The van der Waals surface area contributed by atoms with E-state index in [9.17, 15) is 5.11 Å². The van der Waals surface area contributed by atoms with E-state index in [4.69, 9.17) is 19.9 Å². The molecule has 1 unspecified atom stereocenters.